The van der Waals surface area contributed by atoms with Crippen molar-refractivity contribution in [2.24, 2.45) is 0 Å². The molecule has 1 aromatic carbocycles. The molecule has 0 atom stereocenters. The first-order valence-corrected chi connectivity index (χ1v) is 6.09. The van der Waals surface area contributed by atoms with E-state index in [1.807, 2.05) is 25.1 Å². The van der Waals surface area contributed by atoms with E-state index in [0.717, 1.165) is 0 Å². The number of carboxylic acids is 1. The highest BCUT2D eigenvalue weighted by Gasteiger charge is 2.07. The Morgan fingerprint density at radius 3 is 2.30 bits per heavy atom. The number of hydrogen-bond acceptors (Lipinski definition) is 5. The average Bonchev–Trinajstić information content (AvgIpc) is 2.47. The first kappa shape index (κ1) is 13.8. The van der Waals surface area contributed by atoms with E-state index < -0.39 is 5.97 Å². The van der Waals surface area contributed by atoms with Gasteiger partial charge in [0.1, 0.15) is 6.61 Å². The molecule has 0 saturated carbocycles. The Morgan fingerprint density at radius 1 is 1.15 bits per heavy atom. The van der Waals surface area contributed by atoms with Crippen molar-refractivity contribution in [3.63, 3.8) is 0 Å². The maximum absolute atomic E-state index is 10.7. The zero-order valence-electron chi connectivity index (χ0n) is 10.9. The molecule has 0 unspecified atom stereocenters. The second-order valence-corrected chi connectivity index (χ2v) is 3.86. The van der Waals surface area contributed by atoms with Crippen LogP contribution in [0.2, 0.25) is 0 Å². The number of aromatic nitrogens is 2. The molecule has 1 heterocycles. The Bertz CT molecular complexity index is 584. The van der Waals surface area contributed by atoms with E-state index >= 15 is 0 Å². The van der Waals surface area contributed by atoms with E-state index in [-0.39, 0.29) is 12.2 Å². The standard InChI is InChI=1S/C14H14N2O4/c1-2-19-11-5-3-4-6-12(11)20-9-13-15-7-10(8-16-13)14(17)18/h3-8H,2,9H2,1H3,(H,17,18). The van der Waals surface area contributed by atoms with Crippen molar-refractivity contribution in [3.05, 3.63) is 48.0 Å². The summed E-state index contributed by atoms with van der Waals surface area (Å²) >= 11 is 0. The van der Waals surface area contributed by atoms with Gasteiger partial charge in [-0.2, -0.15) is 0 Å². The number of carbonyl (C=O) groups is 1. The van der Waals surface area contributed by atoms with Crippen molar-refractivity contribution in [2.45, 2.75) is 13.5 Å². The summed E-state index contributed by atoms with van der Waals surface area (Å²) in [6.07, 6.45) is 2.50. The summed E-state index contributed by atoms with van der Waals surface area (Å²) in [5.74, 6) is 0.595. The third-order valence-corrected chi connectivity index (χ3v) is 2.46. The molecule has 1 N–H and O–H groups in total. The maximum atomic E-state index is 10.7. The topological polar surface area (TPSA) is 81.5 Å². The molecule has 0 radical (unpaired) electrons. The summed E-state index contributed by atoms with van der Waals surface area (Å²) in [5.41, 5.74) is 0.0449. The van der Waals surface area contributed by atoms with Crippen LogP contribution in [-0.2, 0) is 6.61 Å². The lowest BCUT2D eigenvalue weighted by Crippen LogP contribution is -2.05. The molecule has 0 bridgehead atoms. The SMILES string of the molecule is CCOc1ccccc1OCc1ncc(C(=O)O)cn1. The number of para-hydroxylation sites is 2. The smallest absolute Gasteiger partial charge is 0.338 e. The van der Waals surface area contributed by atoms with Crippen molar-refractivity contribution in [1.29, 1.82) is 0 Å². The van der Waals surface area contributed by atoms with Gasteiger partial charge in [0, 0.05) is 12.4 Å². The van der Waals surface area contributed by atoms with Crippen LogP contribution in [0.15, 0.2) is 36.7 Å². The Hall–Kier alpha value is -2.63. The summed E-state index contributed by atoms with van der Waals surface area (Å²) < 4.78 is 11.0. The van der Waals surface area contributed by atoms with Crippen molar-refractivity contribution in [3.8, 4) is 11.5 Å². The van der Waals surface area contributed by atoms with Crippen LogP contribution in [-0.4, -0.2) is 27.7 Å². The normalized spacial score (nSPS) is 10.1. The summed E-state index contributed by atoms with van der Waals surface area (Å²) in [6.45, 7) is 2.58. The zero-order chi connectivity index (χ0) is 14.4. The highest BCUT2D eigenvalue weighted by atomic mass is 16.5. The molecule has 0 spiro atoms. The van der Waals surface area contributed by atoms with Gasteiger partial charge in [0.2, 0.25) is 0 Å². The van der Waals surface area contributed by atoms with Gasteiger partial charge in [0.15, 0.2) is 17.3 Å². The van der Waals surface area contributed by atoms with Crippen LogP contribution in [0.1, 0.15) is 23.1 Å². The second-order valence-electron chi connectivity index (χ2n) is 3.86. The monoisotopic (exact) mass is 274 g/mol. The molecule has 0 amide bonds. The van der Waals surface area contributed by atoms with Gasteiger partial charge in [-0.25, -0.2) is 14.8 Å². The van der Waals surface area contributed by atoms with Gasteiger partial charge < -0.3 is 14.6 Å². The number of aromatic carboxylic acids is 1. The van der Waals surface area contributed by atoms with Crippen molar-refractivity contribution >= 4 is 5.97 Å². The van der Waals surface area contributed by atoms with Crippen LogP contribution in [0, 0.1) is 0 Å². The first-order chi connectivity index (χ1) is 9.70. The number of carboxylic acid groups (broad SMARTS) is 1. The van der Waals surface area contributed by atoms with Gasteiger partial charge in [-0.1, -0.05) is 12.1 Å². The van der Waals surface area contributed by atoms with Gasteiger partial charge in [-0.15, -0.1) is 0 Å². The summed E-state index contributed by atoms with van der Waals surface area (Å²) in [6, 6.07) is 7.30. The minimum Gasteiger partial charge on any atom is -0.490 e. The number of ether oxygens (including phenoxy) is 2. The van der Waals surface area contributed by atoms with Crippen LogP contribution in [0.5, 0.6) is 11.5 Å². The van der Waals surface area contributed by atoms with Gasteiger partial charge in [0.05, 0.1) is 12.2 Å². The molecule has 0 aliphatic rings. The molecule has 6 nitrogen and oxygen atoms in total. The highest BCUT2D eigenvalue weighted by Crippen LogP contribution is 2.26. The van der Waals surface area contributed by atoms with Crippen LogP contribution in [0.3, 0.4) is 0 Å². The van der Waals surface area contributed by atoms with Gasteiger partial charge >= 0.3 is 5.97 Å². The van der Waals surface area contributed by atoms with Crippen molar-refractivity contribution in [1.82, 2.24) is 9.97 Å². The molecular formula is C14H14N2O4. The van der Waals surface area contributed by atoms with Crippen LogP contribution in [0.25, 0.3) is 0 Å². The lowest BCUT2D eigenvalue weighted by atomic mass is 10.3. The molecule has 0 fully saturated rings. The molecule has 0 aliphatic carbocycles. The predicted octanol–water partition coefficient (Wildman–Crippen LogP) is 2.15. The Labute approximate surface area is 116 Å². The molecular weight excluding hydrogens is 260 g/mol. The van der Waals surface area contributed by atoms with Gasteiger partial charge in [-0.3, -0.25) is 0 Å². The van der Waals surface area contributed by atoms with E-state index in [1.165, 1.54) is 12.4 Å². The van der Waals surface area contributed by atoms with E-state index in [9.17, 15) is 4.79 Å². The third kappa shape index (κ3) is 3.44. The number of rotatable bonds is 6. The van der Waals surface area contributed by atoms with Crippen LogP contribution < -0.4 is 9.47 Å². The molecule has 6 heteroatoms. The van der Waals surface area contributed by atoms with Crippen LogP contribution >= 0.6 is 0 Å². The molecule has 2 aromatic rings. The van der Waals surface area contributed by atoms with E-state index in [1.54, 1.807) is 6.07 Å². The largest absolute Gasteiger partial charge is 0.490 e. The second kappa shape index (κ2) is 6.51. The zero-order valence-corrected chi connectivity index (χ0v) is 10.9. The molecule has 0 aliphatic heterocycles. The van der Waals surface area contributed by atoms with Crippen molar-refractivity contribution in [2.75, 3.05) is 6.61 Å². The van der Waals surface area contributed by atoms with Crippen LogP contribution in [0.4, 0.5) is 0 Å². The van der Waals surface area contributed by atoms with E-state index in [0.29, 0.717) is 23.9 Å². The average molecular weight is 274 g/mol. The number of hydrogen-bond donors (Lipinski definition) is 1. The molecule has 1 aromatic heterocycles. The van der Waals surface area contributed by atoms with E-state index in [4.69, 9.17) is 14.6 Å². The summed E-state index contributed by atoms with van der Waals surface area (Å²) in [5, 5.41) is 8.75. The van der Waals surface area contributed by atoms with Crippen molar-refractivity contribution < 1.29 is 19.4 Å². The highest BCUT2D eigenvalue weighted by molar-refractivity contribution is 5.86. The molecule has 20 heavy (non-hydrogen) atoms. The van der Waals surface area contributed by atoms with E-state index in [2.05, 4.69) is 9.97 Å². The molecule has 104 valence electrons. The fourth-order valence-electron chi connectivity index (χ4n) is 1.53. The summed E-state index contributed by atoms with van der Waals surface area (Å²) in [4.78, 5) is 18.5. The minimum absolute atomic E-state index is 0.0449. The predicted molar refractivity (Wildman–Crippen MR) is 70.9 cm³/mol. The Balaban J connectivity index is 2.03. The lowest BCUT2D eigenvalue weighted by Gasteiger charge is -2.10. The quantitative estimate of drug-likeness (QED) is 0.869. The number of nitrogens with zero attached hydrogens (tertiary/aromatic N) is 2. The maximum Gasteiger partial charge on any atom is 0.338 e. The molecule has 2 rings (SSSR count). The summed E-state index contributed by atoms with van der Waals surface area (Å²) in [7, 11) is 0. The number of benzene rings is 1. The molecule has 0 saturated heterocycles. The fourth-order valence-corrected chi connectivity index (χ4v) is 1.53. The fraction of sp³-hybridized carbons (Fsp3) is 0.214. The first-order valence-electron chi connectivity index (χ1n) is 6.09. The Kier molecular flexibility index (Phi) is 4.49. The minimum atomic E-state index is -1.06. The van der Waals surface area contributed by atoms with Gasteiger partial charge in [0.25, 0.3) is 0 Å². The Morgan fingerprint density at radius 2 is 1.75 bits per heavy atom. The van der Waals surface area contributed by atoms with Gasteiger partial charge in [-0.05, 0) is 19.1 Å². The third-order valence-electron chi connectivity index (χ3n) is 2.46. The lowest BCUT2D eigenvalue weighted by molar-refractivity contribution is 0.0695.